The highest BCUT2D eigenvalue weighted by Gasteiger charge is 2.22. The molecule has 0 atom stereocenters. The highest BCUT2D eigenvalue weighted by atomic mass is 19.1. The number of carbonyl (C=O) groups excluding carboxylic acids is 1. The van der Waals surface area contributed by atoms with Crippen LogP contribution in [0.3, 0.4) is 0 Å². The van der Waals surface area contributed by atoms with Crippen molar-refractivity contribution in [1.29, 1.82) is 0 Å². The average molecular weight is 459 g/mol. The van der Waals surface area contributed by atoms with Crippen molar-refractivity contribution in [3.63, 3.8) is 0 Å². The van der Waals surface area contributed by atoms with Crippen LogP contribution in [0.25, 0.3) is 11.1 Å². The first-order chi connectivity index (χ1) is 16.6. The number of rotatable bonds is 8. The molecule has 2 nitrogen and oxygen atoms in total. The third kappa shape index (κ3) is 5.94. The maximum absolute atomic E-state index is 15.0. The predicted molar refractivity (Wildman–Crippen MR) is 137 cm³/mol. The number of esters is 1. The summed E-state index contributed by atoms with van der Waals surface area (Å²) in [5, 5.41) is 0. The van der Waals surface area contributed by atoms with E-state index in [4.69, 9.17) is 4.74 Å². The van der Waals surface area contributed by atoms with Gasteiger partial charge in [0.2, 0.25) is 0 Å². The number of benzene rings is 3. The zero-order chi connectivity index (χ0) is 23.9. The van der Waals surface area contributed by atoms with Crippen LogP contribution in [0.15, 0.2) is 66.7 Å². The third-order valence-corrected chi connectivity index (χ3v) is 7.11. The van der Waals surface area contributed by atoms with Gasteiger partial charge in [0.25, 0.3) is 0 Å². The third-order valence-electron chi connectivity index (χ3n) is 7.11. The Morgan fingerprint density at radius 1 is 0.882 bits per heavy atom. The van der Waals surface area contributed by atoms with Crippen molar-refractivity contribution in [2.24, 2.45) is 5.92 Å². The minimum atomic E-state index is -0.413. The molecule has 0 saturated heterocycles. The van der Waals surface area contributed by atoms with E-state index in [1.165, 1.54) is 31.2 Å². The molecule has 0 unspecified atom stereocenters. The van der Waals surface area contributed by atoms with Crippen molar-refractivity contribution < 1.29 is 13.9 Å². The molecule has 0 amide bonds. The van der Waals surface area contributed by atoms with Gasteiger partial charge in [-0.2, -0.15) is 0 Å². The van der Waals surface area contributed by atoms with Gasteiger partial charge >= 0.3 is 5.97 Å². The van der Waals surface area contributed by atoms with E-state index in [2.05, 4.69) is 19.9 Å². The van der Waals surface area contributed by atoms with E-state index in [0.29, 0.717) is 22.8 Å². The number of ether oxygens (including phenoxy) is 1. The number of hydrogen-bond donors (Lipinski definition) is 0. The highest BCUT2D eigenvalue weighted by molar-refractivity contribution is 5.91. The Bertz CT molecular complexity index is 1080. The van der Waals surface area contributed by atoms with Gasteiger partial charge in [0.05, 0.1) is 5.56 Å². The molecule has 0 radical (unpaired) electrons. The molecular weight excluding hydrogens is 423 g/mol. The van der Waals surface area contributed by atoms with E-state index in [-0.39, 0.29) is 5.82 Å². The maximum Gasteiger partial charge on any atom is 0.343 e. The van der Waals surface area contributed by atoms with Crippen LogP contribution in [0.5, 0.6) is 5.75 Å². The number of aryl methyl sites for hydroxylation is 1. The fourth-order valence-corrected chi connectivity index (χ4v) is 5.18. The minimum Gasteiger partial charge on any atom is -0.423 e. The Morgan fingerprint density at radius 2 is 1.59 bits per heavy atom. The van der Waals surface area contributed by atoms with Gasteiger partial charge < -0.3 is 4.74 Å². The summed E-state index contributed by atoms with van der Waals surface area (Å²) in [6.45, 7) is 4.39. The summed E-state index contributed by atoms with van der Waals surface area (Å²) in [6, 6.07) is 20.3. The van der Waals surface area contributed by atoms with Crippen molar-refractivity contribution in [2.75, 3.05) is 0 Å². The summed E-state index contributed by atoms with van der Waals surface area (Å²) in [5.74, 6) is 1.22. The van der Waals surface area contributed by atoms with Crippen molar-refractivity contribution in [2.45, 2.75) is 71.1 Å². The molecule has 1 saturated carbocycles. The van der Waals surface area contributed by atoms with Gasteiger partial charge in [-0.05, 0) is 91.0 Å². The number of carbonyl (C=O) groups is 1. The molecule has 1 fully saturated rings. The molecule has 3 aromatic carbocycles. The van der Waals surface area contributed by atoms with Gasteiger partial charge in [-0.1, -0.05) is 69.5 Å². The number of halogens is 1. The fourth-order valence-electron chi connectivity index (χ4n) is 5.18. The molecule has 1 aliphatic rings. The molecule has 178 valence electrons. The van der Waals surface area contributed by atoms with Crippen LogP contribution in [0.4, 0.5) is 4.39 Å². The van der Waals surface area contributed by atoms with Crippen LogP contribution in [0.1, 0.15) is 86.2 Å². The molecule has 0 bridgehead atoms. The van der Waals surface area contributed by atoms with Crippen molar-refractivity contribution in [1.82, 2.24) is 0 Å². The first kappa shape index (κ1) is 24.2. The molecule has 0 aromatic heterocycles. The summed E-state index contributed by atoms with van der Waals surface area (Å²) < 4.78 is 20.5. The highest BCUT2D eigenvalue weighted by Crippen LogP contribution is 2.38. The summed E-state index contributed by atoms with van der Waals surface area (Å²) in [7, 11) is 0. The van der Waals surface area contributed by atoms with E-state index in [9.17, 15) is 4.79 Å². The second kappa shape index (κ2) is 11.5. The zero-order valence-electron chi connectivity index (χ0n) is 20.4. The predicted octanol–water partition coefficient (Wildman–Crippen LogP) is 8.74. The quantitative estimate of drug-likeness (QED) is 0.249. The Hall–Kier alpha value is -2.94. The van der Waals surface area contributed by atoms with E-state index in [0.717, 1.165) is 42.7 Å². The molecule has 0 heterocycles. The van der Waals surface area contributed by atoms with E-state index >= 15 is 4.39 Å². The molecule has 1 aliphatic carbocycles. The van der Waals surface area contributed by atoms with Gasteiger partial charge in [-0.25, -0.2) is 9.18 Å². The zero-order valence-corrected chi connectivity index (χ0v) is 20.4. The van der Waals surface area contributed by atoms with E-state index in [1.54, 1.807) is 30.3 Å². The lowest BCUT2D eigenvalue weighted by Gasteiger charge is -2.28. The Balaban J connectivity index is 1.39. The molecular formula is C31H35FO2. The molecule has 34 heavy (non-hydrogen) atoms. The van der Waals surface area contributed by atoms with Crippen LogP contribution in [-0.4, -0.2) is 5.97 Å². The van der Waals surface area contributed by atoms with Gasteiger partial charge in [0.1, 0.15) is 11.6 Å². The first-order valence-corrected chi connectivity index (χ1v) is 12.8. The molecule has 0 N–H and O–H groups in total. The van der Waals surface area contributed by atoms with Crippen LogP contribution in [-0.2, 0) is 6.42 Å². The number of hydrogen-bond acceptors (Lipinski definition) is 2. The van der Waals surface area contributed by atoms with Crippen LogP contribution in [0, 0.1) is 11.7 Å². The van der Waals surface area contributed by atoms with Gasteiger partial charge in [-0.3, -0.25) is 0 Å². The Kier molecular flexibility index (Phi) is 8.16. The fraction of sp³-hybridized carbons (Fsp3) is 0.387. The second-order valence-corrected chi connectivity index (χ2v) is 9.61. The largest absolute Gasteiger partial charge is 0.423 e. The van der Waals surface area contributed by atoms with Crippen molar-refractivity contribution >= 4 is 5.97 Å². The van der Waals surface area contributed by atoms with Crippen LogP contribution >= 0.6 is 0 Å². The monoisotopic (exact) mass is 458 g/mol. The lowest BCUT2D eigenvalue weighted by Crippen LogP contribution is -2.13. The van der Waals surface area contributed by atoms with E-state index in [1.807, 2.05) is 30.3 Å². The van der Waals surface area contributed by atoms with Gasteiger partial charge in [-0.15, -0.1) is 0 Å². The SMILES string of the molecule is CCCc1ccc(OC(=O)c2ccc(-c3ccc([C@H]4CC[C@H](CCC)CC4)cc3F)cc2)cc1. The van der Waals surface area contributed by atoms with E-state index < -0.39 is 5.97 Å². The molecule has 4 rings (SSSR count). The molecule has 3 aromatic rings. The lowest BCUT2D eigenvalue weighted by atomic mass is 9.77. The molecule has 0 aliphatic heterocycles. The summed E-state index contributed by atoms with van der Waals surface area (Å²) in [4.78, 5) is 12.5. The minimum absolute atomic E-state index is 0.198. The van der Waals surface area contributed by atoms with Gasteiger partial charge in [0, 0.05) is 5.56 Å². The normalized spacial score (nSPS) is 18.0. The van der Waals surface area contributed by atoms with Crippen molar-refractivity contribution in [3.05, 3.63) is 89.2 Å². The van der Waals surface area contributed by atoms with Gasteiger partial charge in [0.15, 0.2) is 0 Å². The second-order valence-electron chi connectivity index (χ2n) is 9.61. The van der Waals surface area contributed by atoms with Crippen LogP contribution in [0.2, 0.25) is 0 Å². The maximum atomic E-state index is 15.0. The van der Waals surface area contributed by atoms with Crippen molar-refractivity contribution in [3.8, 4) is 16.9 Å². The Labute approximate surface area is 203 Å². The summed E-state index contributed by atoms with van der Waals surface area (Å²) in [5.41, 5.74) is 4.11. The lowest BCUT2D eigenvalue weighted by molar-refractivity contribution is 0.0734. The molecule has 3 heteroatoms. The summed E-state index contributed by atoms with van der Waals surface area (Å²) in [6.07, 6.45) is 9.46. The Morgan fingerprint density at radius 3 is 2.21 bits per heavy atom. The summed E-state index contributed by atoms with van der Waals surface area (Å²) >= 11 is 0. The smallest absolute Gasteiger partial charge is 0.343 e. The first-order valence-electron chi connectivity index (χ1n) is 12.8. The average Bonchev–Trinajstić information content (AvgIpc) is 2.86. The van der Waals surface area contributed by atoms with Crippen LogP contribution < -0.4 is 4.74 Å². The molecule has 0 spiro atoms. The topological polar surface area (TPSA) is 26.3 Å². The standard InChI is InChI=1S/C31H35FO2/c1-3-5-22-7-11-24(12-8-22)27-17-20-29(30(32)21-27)25-13-15-26(16-14-25)31(33)34-28-18-9-23(6-4-2)10-19-28/h9-10,13-22,24H,3-8,11-12H2,1-2H3/t22-,24-.